The fourth-order valence-electron chi connectivity index (χ4n) is 2.97. The Balaban J connectivity index is 1.61. The summed E-state index contributed by atoms with van der Waals surface area (Å²) >= 11 is 0. The quantitative estimate of drug-likeness (QED) is 0.856. The second-order valence-electron chi connectivity index (χ2n) is 6.60. The van der Waals surface area contributed by atoms with Gasteiger partial charge < -0.3 is 10.2 Å². The lowest BCUT2D eigenvalue weighted by Gasteiger charge is -2.22. The zero-order valence-corrected chi connectivity index (χ0v) is 15.7. The van der Waals surface area contributed by atoms with Crippen LogP contribution in [0.15, 0.2) is 36.7 Å². The first-order valence-corrected chi connectivity index (χ1v) is 10.3. The molecule has 1 amide bonds. The zero-order valence-electron chi connectivity index (χ0n) is 14.8. The number of hydrogen-bond donors (Lipinski definition) is 1. The molecule has 0 radical (unpaired) electrons. The predicted molar refractivity (Wildman–Crippen MR) is 99.7 cm³/mol. The van der Waals surface area contributed by atoms with E-state index in [-0.39, 0.29) is 29.1 Å². The molecule has 0 bridgehead atoms. The molecule has 2 aromatic rings. The van der Waals surface area contributed by atoms with E-state index in [1.807, 2.05) is 25.1 Å². The SMILES string of the molecule is Cc1cccc(CNc2cnc(C(=O)N(C)C3CCS(=O)(=O)C3)cn2)c1. The molecule has 1 unspecified atom stereocenters. The Morgan fingerprint density at radius 3 is 2.73 bits per heavy atom. The summed E-state index contributed by atoms with van der Waals surface area (Å²) in [5.41, 5.74) is 2.53. The number of rotatable bonds is 5. The summed E-state index contributed by atoms with van der Waals surface area (Å²) < 4.78 is 23.2. The van der Waals surface area contributed by atoms with E-state index in [4.69, 9.17) is 0 Å². The van der Waals surface area contributed by atoms with Gasteiger partial charge in [-0.1, -0.05) is 29.8 Å². The van der Waals surface area contributed by atoms with Crippen molar-refractivity contribution in [1.82, 2.24) is 14.9 Å². The van der Waals surface area contributed by atoms with E-state index in [1.54, 1.807) is 7.05 Å². The number of amides is 1. The summed E-state index contributed by atoms with van der Waals surface area (Å²) in [5.74, 6) is 0.403. The molecule has 1 atom stereocenters. The molecule has 1 fully saturated rings. The number of aromatic nitrogens is 2. The van der Waals surface area contributed by atoms with E-state index in [0.29, 0.717) is 18.8 Å². The summed E-state index contributed by atoms with van der Waals surface area (Å²) in [4.78, 5) is 22.3. The van der Waals surface area contributed by atoms with Crippen LogP contribution in [0.2, 0.25) is 0 Å². The summed E-state index contributed by atoms with van der Waals surface area (Å²) in [6.07, 6.45) is 3.40. The van der Waals surface area contributed by atoms with Gasteiger partial charge in [-0.05, 0) is 18.9 Å². The molecule has 1 aliphatic rings. The van der Waals surface area contributed by atoms with E-state index >= 15 is 0 Å². The largest absolute Gasteiger partial charge is 0.365 e. The van der Waals surface area contributed by atoms with Crippen molar-refractivity contribution in [3.63, 3.8) is 0 Å². The van der Waals surface area contributed by atoms with Gasteiger partial charge in [0.05, 0.1) is 23.9 Å². The molecule has 138 valence electrons. The minimum atomic E-state index is -3.04. The van der Waals surface area contributed by atoms with Crippen molar-refractivity contribution in [2.24, 2.45) is 0 Å². The standard InChI is InChI=1S/C18H22N4O3S/c1-13-4-3-5-14(8-13)9-20-17-11-19-16(10-21-17)18(23)22(2)15-6-7-26(24,25)12-15/h3-5,8,10-11,15H,6-7,9,12H2,1-2H3,(H,20,21). The number of carbonyl (C=O) groups excluding carboxylic acids is 1. The number of carbonyl (C=O) groups is 1. The summed E-state index contributed by atoms with van der Waals surface area (Å²) in [5, 5.41) is 3.17. The number of nitrogens with zero attached hydrogens (tertiary/aromatic N) is 3. The monoisotopic (exact) mass is 374 g/mol. The molecular formula is C18H22N4O3S. The normalized spacial score (nSPS) is 18.5. The van der Waals surface area contributed by atoms with Gasteiger partial charge in [0.15, 0.2) is 9.84 Å². The Morgan fingerprint density at radius 2 is 2.12 bits per heavy atom. The van der Waals surface area contributed by atoms with Crippen LogP contribution in [0.1, 0.15) is 28.0 Å². The third kappa shape index (κ3) is 4.37. The summed E-state index contributed by atoms with van der Waals surface area (Å²) in [7, 11) is -1.43. The first-order valence-electron chi connectivity index (χ1n) is 8.43. The van der Waals surface area contributed by atoms with Crippen molar-refractivity contribution in [2.45, 2.75) is 25.9 Å². The van der Waals surface area contributed by atoms with Gasteiger partial charge in [-0.25, -0.2) is 18.4 Å². The van der Waals surface area contributed by atoms with Crippen LogP contribution in [0, 0.1) is 6.92 Å². The van der Waals surface area contributed by atoms with Crippen molar-refractivity contribution in [3.05, 3.63) is 53.5 Å². The molecule has 1 saturated heterocycles. The maximum Gasteiger partial charge on any atom is 0.274 e. The lowest BCUT2D eigenvalue weighted by Crippen LogP contribution is -2.38. The molecule has 1 aliphatic heterocycles. The molecule has 0 saturated carbocycles. The van der Waals surface area contributed by atoms with Crippen LogP contribution >= 0.6 is 0 Å². The van der Waals surface area contributed by atoms with Crippen molar-refractivity contribution in [1.29, 1.82) is 0 Å². The molecule has 0 spiro atoms. The molecule has 7 nitrogen and oxygen atoms in total. The van der Waals surface area contributed by atoms with E-state index in [9.17, 15) is 13.2 Å². The highest BCUT2D eigenvalue weighted by molar-refractivity contribution is 7.91. The second-order valence-corrected chi connectivity index (χ2v) is 8.83. The number of aryl methyl sites for hydroxylation is 1. The minimum Gasteiger partial charge on any atom is -0.365 e. The Morgan fingerprint density at radius 1 is 1.31 bits per heavy atom. The van der Waals surface area contributed by atoms with E-state index in [1.165, 1.54) is 22.9 Å². The average Bonchev–Trinajstić information content (AvgIpc) is 2.99. The summed E-state index contributed by atoms with van der Waals surface area (Å²) in [6, 6.07) is 7.85. The number of nitrogens with one attached hydrogen (secondary N) is 1. The topological polar surface area (TPSA) is 92.3 Å². The predicted octanol–water partition coefficient (Wildman–Crippen LogP) is 1.66. The Labute approximate surface area is 153 Å². The Hall–Kier alpha value is -2.48. The van der Waals surface area contributed by atoms with Crippen LogP contribution in [0.25, 0.3) is 0 Å². The van der Waals surface area contributed by atoms with Gasteiger partial charge in [0.1, 0.15) is 11.5 Å². The first-order chi connectivity index (χ1) is 12.3. The first kappa shape index (κ1) is 18.3. The average molecular weight is 374 g/mol. The number of benzene rings is 1. The van der Waals surface area contributed by atoms with Crippen molar-refractivity contribution in [2.75, 3.05) is 23.9 Å². The Bertz CT molecular complexity index is 897. The van der Waals surface area contributed by atoms with E-state index in [2.05, 4.69) is 21.4 Å². The third-order valence-corrected chi connectivity index (χ3v) is 6.25. The molecule has 0 aliphatic carbocycles. The van der Waals surface area contributed by atoms with Crippen molar-refractivity contribution >= 4 is 21.6 Å². The van der Waals surface area contributed by atoms with Crippen LogP contribution in [-0.4, -0.2) is 53.8 Å². The van der Waals surface area contributed by atoms with E-state index < -0.39 is 9.84 Å². The molecule has 26 heavy (non-hydrogen) atoms. The van der Waals surface area contributed by atoms with Gasteiger partial charge in [0.25, 0.3) is 5.91 Å². The van der Waals surface area contributed by atoms with Gasteiger partial charge in [0.2, 0.25) is 0 Å². The number of hydrogen-bond acceptors (Lipinski definition) is 6. The van der Waals surface area contributed by atoms with Gasteiger partial charge >= 0.3 is 0 Å². The number of anilines is 1. The Kier molecular flexibility index (Phi) is 5.22. The molecule has 1 N–H and O–H groups in total. The highest BCUT2D eigenvalue weighted by Crippen LogP contribution is 2.18. The smallest absolute Gasteiger partial charge is 0.274 e. The van der Waals surface area contributed by atoms with Crippen molar-refractivity contribution in [3.8, 4) is 0 Å². The van der Waals surface area contributed by atoms with E-state index in [0.717, 1.165) is 5.56 Å². The second kappa shape index (κ2) is 7.41. The van der Waals surface area contributed by atoms with Crippen LogP contribution in [0.3, 0.4) is 0 Å². The van der Waals surface area contributed by atoms with Gasteiger partial charge in [-0.3, -0.25) is 4.79 Å². The minimum absolute atomic E-state index is 0.0127. The molecule has 3 rings (SSSR count). The third-order valence-electron chi connectivity index (χ3n) is 4.50. The van der Waals surface area contributed by atoms with Gasteiger partial charge in [-0.2, -0.15) is 0 Å². The van der Waals surface area contributed by atoms with Crippen LogP contribution in [0.4, 0.5) is 5.82 Å². The van der Waals surface area contributed by atoms with Crippen LogP contribution in [-0.2, 0) is 16.4 Å². The van der Waals surface area contributed by atoms with Crippen molar-refractivity contribution < 1.29 is 13.2 Å². The maximum absolute atomic E-state index is 12.5. The molecular weight excluding hydrogens is 352 g/mol. The zero-order chi connectivity index (χ0) is 18.7. The molecule has 1 aromatic carbocycles. The lowest BCUT2D eigenvalue weighted by atomic mass is 10.1. The van der Waals surface area contributed by atoms with Gasteiger partial charge in [-0.15, -0.1) is 0 Å². The molecule has 8 heteroatoms. The fourth-order valence-corrected chi connectivity index (χ4v) is 4.75. The number of sulfone groups is 1. The lowest BCUT2D eigenvalue weighted by molar-refractivity contribution is 0.0741. The van der Waals surface area contributed by atoms with Crippen LogP contribution in [0.5, 0.6) is 0 Å². The fraction of sp³-hybridized carbons (Fsp3) is 0.389. The molecule has 2 heterocycles. The highest BCUT2D eigenvalue weighted by Gasteiger charge is 2.33. The maximum atomic E-state index is 12.5. The highest BCUT2D eigenvalue weighted by atomic mass is 32.2. The van der Waals surface area contributed by atoms with Gasteiger partial charge in [0, 0.05) is 19.6 Å². The summed E-state index contributed by atoms with van der Waals surface area (Å²) in [6.45, 7) is 2.65. The van der Waals surface area contributed by atoms with Crippen LogP contribution < -0.4 is 5.32 Å². The molecule has 1 aromatic heterocycles.